The van der Waals surface area contributed by atoms with Crippen molar-refractivity contribution in [1.82, 2.24) is 4.90 Å². The van der Waals surface area contributed by atoms with Gasteiger partial charge in [0.2, 0.25) is 5.91 Å². The van der Waals surface area contributed by atoms with Crippen molar-refractivity contribution >= 4 is 23.5 Å². The van der Waals surface area contributed by atoms with Crippen molar-refractivity contribution in [2.75, 3.05) is 25.0 Å². The van der Waals surface area contributed by atoms with E-state index in [-0.39, 0.29) is 12.5 Å². The van der Waals surface area contributed by atoms with Gasteiger partial charge < -0.3 is 15.0 Å². The van der Waals surface area contributed by atoms with Crippen LogP contribution in [0.3, 0.4) is 0 Å². The third-order valence-corrected chi connectivity index (χ3v) is 4.11. The number of carbonyl (C=O) groups excluding carboxylic acids is 3. The highest BCUT2D eigenvalue weighted by Crippen LogP contribution is 2.19. The molecule has 0 aliphatic carbocycles. The van der Waals surface area contributed by atoms with Gasteiger partial charge in [-0.05, 0) is 43.9 Å². The van der Waals surface area contributed by atoms with Gasteiger partial charge in [-0.1, -0.05) is 13.0 Å². The molecule has 1 saturated heterocycles. The summed E-state index contributed by atoms with van der Waals surface area (Å²) >= 11 is 0. The first-order valence-electron chi connectivity index (χ1n) is 8.54. The Hall–Kier alpha value is -2.63. The molecular formula is C19H24N2O4. The molecule has 0 atom stereocenters. The molecular weight excluding hydrogens is 320 g/mol. The van der Waals surface area contributed by atoms with Crippen LogP contribution in [0.4, 0.5) is 5.69 Å². The average molecular weight is 344 g/mol. The van der Waals surface area contributed by atoms with Gasteiger partial charge in [0.1, 0.15) is 0 Å². The fourth-order valence-electron chi connectivity index (χ4n) is 2.64. The van der Waals surface area contributed by atoms with Crippen molar-refractivity contribution in [3.05, 3.63) is 42.0 Å². The summed E-state index contributed by atoms with van der Waals surface area (Å²) in [6, 6.07) is 6.82. The standard InChI is InChI=1S/C19H24N2O4/c1-3-25-18(23)8-7-17(22)20-16-6-4-5-15(13-16)19(24)21-11-9-14(2)10-12-21/h4-8,13-14H,3,9-12H2,1-2H3,(H,20,22)/b8-7+. The van der Waals surface area contributed by atoms with Crippen LogP contribution < -0.4 is 5.32 Å². The fraction of sp³-hybridized carbons (Fsp3) is 0.421. The maximum Gasteiger partial charge on any atom is 0.330 e. The summed E-state index contributed by atoms with van der Waals surface area (Å²) < 4.78 is 4.71. The predicted octanol–water partition coefficient (Wildman–Crippen LogP) is 2.62. The van der Waals surface area contributed by atoms with Crippen molar-refractivity contribution in [2.24, 2.45) is 5.92 Å². The van der Waals surface area contributed by atoms with Crippen LogP contribution >= 0.6 is 0 Å². The van der Waals surface area contributed by atoms with Gasteiger partial charge in [0, 0.05) is 36.5 Å². The van der Waals surface area contributed by atoms with Crippen molar-refractivity contribution in [2.45, 2.75) is 26.7 Å². The molecule has 1 aliphatic heterocycles. The minimum Gasteiger partial charge on any atom is -0.463 e. The van der Waals surface area contributed by atoms with Crippen LogP contribution in [-0.4, -0.2) is 42.4 Å². The number of nitrogens with one attached hydrogen (secondary N) is 1. The van der Waals surface area contributed by atoms with Gasteiger partial charge >= 0.3 is 5.97 Å². The SMILES string of the molecule is CCOC(=O)/C=C/C(=O)Nc1cccc(C(=O)N2CCC(C)CC2)c1. The van der Waals surface area contributed by atoms with E-state index in [1.807, 2.05) is 4.90 Å². The normalized spacial score (nSPS) is 15.2. The molecule has 0 spiro atoms. The molecule has 134 valence electrons. The van der Waals surface area contributed by atoms with Crippen LogP contribution in [0.5, 0.6) is 0 Å². The second-order valence-electron chi connectivity index (χ2n) is 6.13. The number of hydrogen-bond acceptors (Lipinski definition) is 4. The second-order valence-corrected chi connectivity index (χ2v) is 6.13. The number of esters is 1. The van der Waals surface area contributed by atoms with E-state index < -0.39 is 11.9 Å². The minimum atomic E-state index is -0.569. The molecule has 1 N–H and O–H groups in total. The molecule has 25 heavy (non-hydrogen) atoms. The van der Waals surface area contributed by atoms with Crippen LogP contribution in [-0.2, 0) is 14.3 Å². The van der Waals surface area contributed by atoms with E-state index in [0.717, 1.165) is 38.1 Å². The molecule has 0 aromatic heterocycles. The van der Waals surface area contributed by atoms with Gasteiger partial charge in [-0.15, -0.1) is 0 Å². The summed E-state index contributed by atoms with van der Waals surface area (Å²) in [5.41, 5.74) is 1.05. The lowest BCUT2D eigenvalue weighted by Gasteiger charge is -2.30. The fourth-order valence-corrected chi connectivity index (χ4v) is 2.64. The van der Waals surface area contributed by atoms with Gasteiger partial charge in [0.25, 0.3) is 5.91 Å². The zero-order valence-electron chi connectivity index (χ0n) is 14.7. The third-order valence-electron chi connectivity index (χ3n) is 4.11. The number of anilines is 1. The highest BCUT2D eigenvalue weighted by Gasteiger charge is 2.21. The van der Waals surface area contributed by atoms with Gasteiger partial charge in [-0.2, -0.15) is 0 Å². The van der Waals surface area contributed by atoms with E-state index in [0.29, 0.717) is 17.2 Å². The summed E-state index contributed by atoms with van der Waals surface area (Å²) in [4.78, 5) is 37.5. The topological polar surface area (TPSA) is 75.7 Å². The number of rotatable bonds is 5. The lowest BCUT2D eigenvalue weighted by Crippen LogP contribution is -2.37. The Morgan fingerprint density at radius 2 is 1.96 bits per heavy atom. The molecule has 2 rings (SSSR count). The molecule has 1 heterocycles. The molecule has 1 aromatic rings. The van der Waals surface area contributed by atoms with Gasteiger partial charge in [0.15, 0.2) is 0 Å². The molecule has 2 amide bonds. The lowest BCUT2D eigenvalue weighted by molar-refractivity contribution is -0.137. The Morgan fingerprint density at radius 1 is 1.24 bits per heavy atom. The Bertz CT molecular complexity index is 661. The molecule has 1 aromatic carbocycles. The van der Waals surface area contributed by atoms with Crippen LogP contribution in [0, 0.1) is 5.92 Å². The molecule has 1 fully saturated rings. The molecule has 1 aliphatic rings. The van der Waals surface area contributed by atoms with Crippen molar-refractivity contribution in [1.29, 1.82) is 0 Å². The number of carbonyl (C=O) groups is 3. The van der Waals surface area contributed by atoms with Crippen molar-refractivity contribution < 1.29 is 19.1 Å². The molecule has 0 radical (unpaired) electrons. The first-order chi connectivity index (χ1) is 12.0. The first kappa shape index (κ1) is 18.7. The highest BCUT2D eigenvalue weighted by atomic mass is 16.5. The molecule has 0 saturated carbocycles. The van der Waals surface area contributed by atoms with E-state index >= 15 is 0 Å². The maximum absolute atomic E-state index is 12.6. The summed E-state index contributed by atoms with van der Waals surface area (Å²) in [5.74, 6) is -0.392. The second kappa shape index (κ2) is 9.01. The average Bonchev–Trinajstić information content (AvgIpc) is 2.60. The zero-order chi connectivity index (χ0) is 18.2. The molecule has 6 heteroatoms. The van der Waals surface area contributed by atoms with Crippen molar-refractivity contribution in [3.8, 4) is 0 Å². The Balaban J connectivity index is 1.97. The van der Waals surface area contributed by atoms with E-state index in [9.17, 15) is 14.4 Å². The Morgan fingerprint density at radius 3 is 2.64 bits per heavy atom. The van der Waals surface area contributed by atoms with Gasteiger partial charge in [0.05, 0.1) is 6.61 Å². The Labute approximate surface area is 147 Å². The molecule has 6 nitrogen and oxygen atoms in total. The number of benzene rings is 1. The van der Waals surface area contributed by atoms with E-state index in [1.165, 1.54) is 0 Å². The number of likely N-dealkylation sites (tertiary alicyclic amines) is 1. The van der Waals surface area contributed by atoms with Crippen LogP contribution in [0.25, 0.3) is 0 Å². The quantitative estimate of drug-likeness (QED) is 0.658. The van der Waals surface area contributed by atoms with Crippen LogP contribution in [0.15, 0.2) is 36.4 Å². The Kier molecular flexibility index (Phi) is 6.74. The largest absolute Gasteiger partial charge is 0.463 e. The van der Waals surface area contributed by atoms with Crippen LogP contribution in [0.2, 0.25) is 0 Å². The lowest BCUT2D eigenvalue weighted by atomic mass is 9.98. The van der Waals surface area contributed by atoms with E-state index in [1.54, 1.807) is 31.2 Å². The maximum atomic E-state index is 12.6. The van der Waals surface area contributed by atoms with E-state index in [4.69, 9.17) is 4.74 Å². The predicted molar refractivity (Wildman–Crippen MR) is 95.1 cm³/mol. The number of piperidine rings is 1. The number of ether oxygens (including phenoxy) is 1. The third kappa shape index (κ3) is 5.74. The molecule has 0 bridgehead atoms. The summed E-state index contributed by atoms with van der Waals surface area (Å²) in [6.07, 6.45) is 4.21. The number of hydrogen-bond donors (Lipinski definition) is 1. The number of nitrogens with zero attached hydrogens (tertiary/aromatic N) is 1. The minimum absolute atomic E-state index is 0.0231. The first-order valence-corrected chi connectivity index (χ1v) is 8.54. The van der Waals surface area contributed by atoms with Gasteiger partial charge in [-0.25, -0.2) is 4.79 Å². The highest BCUT2D eigenvalue weighted by molar-refractivity contribution is 6.03. The zero-order valence-corrected chi connectivity index (χ0v) is 14.7. The van der Waals surface area contributed by atoms with Crippen molar-refractivity contribution in [3.63, 3.8) is 0 Å². The van der Waals surface area contributed by atoms with Crippen LogP contribution in [0.1, 0.15) is 37.0 Å². The van der Waals surface area contributed by atoms with E-state index in [2.05, 4.69) is 12.2 Å². The molecule has 0 unspecified atom stereocenters. The summed E-state index contributed by atoms with van der Waals surface area (Å²) in [5, 5.41) is 2.64. The summed E-state index contributed by atoms with van der Waals surface area (Å²) in [6.45, 7) is 5.67. The summed E-state index contributed by atoms with van der Waals surface area (Å²) in [7, 11) is 0. The number of amides is 2. The smallest absolute Gasteiger partial charge is 0.330 e. The monoisotopic (exact) mass is 344 g/mol. The van der Waals surface area contributed by atoms with Gasteiger partial charge in [-0.3, -0.25) is 9.59 Å².